The molecule has 0 spiro atoms. The molecule has 18 heavy (non-hydrogen) atoms. The van der Waals surface area contributed by atoms with Crippen LogP contribution in [0.3, 0.4) is 0 Å². The number of hydrogen-bond donors (Lipinski definition) is 1. The molecule has 0 saturated carbocycles. The van der Waals surface area contributed by atoms with Crippen molar-refractivity contribution in [1.29, 1.82) is 0 Å². The number of ether oxygens (including phenoxy) is 1. The molecule has 2 nitrogen and oxygen atoms in total. The van der Waals surface area contributed by atoms with Crippen LogP contribution in [-0.4, -0.2) is 13.7 Å². The van der Waals surface area contributed by atoms with Gasteiger partial charge in [-0.25, -0.2) is 0 Å². The van der Waals surface area contributed by atoms with Gasteiger partial charge in [-0.1, -0.05) is 36.1 Å². The van der Waals surface area contributed by atoms with Crippen molar-refractivity contribution in [2.75, 3.05) is 19.0 Å². The molecule has 0 unspecified atom stereocenters. The molecule has 0 amide bonds. The SMILES string of the molecule is COc1cccc(C#CCNc2ccccc2)c1. The first-order valence-corrected chi connectivity index (χ1v) is 5.80. The van der Waals surface area contributed by atoms with Crippen molar-refractivity contribution in [2.45, 2.75) is 0 Å². The van der Waals surface area contributed by atoms with Crippen molar-refractivity contribution in [3.8, 4) is 17.6 Å². The summed E-state index contributed by atoms with van der Waals surface area (Å²) in [5.74, 6) is 7.01. The minimum Gasteiger partial charge on any atom is -0.497 e. The zero-order chi connectivity index (χ0) is 12.6. The van der Waals surface area contributed by atoms with E-state index in [9.17, 15) is 0 Å². The van der Waals surface area contributed by atoms with Gasteiger partial charge in [-0.2, -0.15) is 0 Å². The molecule has 0 aromatic heterocycles. The van der Waals surface area contributed by atoms with Gasteiger partial charge in [0.2, 0.25) is 0 Å². The molecule has 0 saturated heterocycles. The Morgan fingerprint density at radius 2 is 1.89 bits per heavy atom. The third-order valence-electron chi connectivity index (χ3n) is 2.46. The lowest BCUT2D eigenvalue weighted by molar-refractivity contribution is 0.414. The van der Waals surface area contributed by atoms with Gasteiger partial charge >= 0.3 is 0 Å². The van der Waals surface area contributed by atoms with Crippen LogP contribution >= 0.6 is 0 Å². The average molecular weight is 237 g/mol. The van der Waals surface area contributed by atoms with E-state index >= 15 is 0 Å². The van der Waals surface area contributed by atoms with Crippen LogP contribution in [0.1, 0.15) is 5.56 Å². The Kier molecular flexibility index (Phi) is 4.27. The molecule has 2 aromatic rings. The first-order valence-electron chi connectivity index (χ1n) is 5.80. The fourth-order valence-corrected chi connectivity index (χ4v) is 1.55. The first kappa shape index (κ1) is 12.1. The lowest BCUT2D eigenvalue weighted by Gasteiger charge is -2.00. The standard InChI is InChI=1S/C16H15NO/c1-18-16-11-5-7-14(13-16)8-6-12-17-15-9-3-2-4-10-15/h2-5,7,9-11,13,17H,12H2,1H3. The molecular formula is C16H15NO. The Morgan fingerprint density at radius 1 is 1.06 bits per heavy atom. The molecule has 0 fully saturated rings. The largest absolute Gasteiger partial charge is 0.497 e. The van der Waals surface area contributed by atoms with E-state index in [-0.39, 0.29) is 0 Å². The van der Waals surface area contributed by atoms with Gasteiger partial charge in [0.15, 0.2) is 0 Å². The van der Waals surface area contributed by atoms with Crippen molar-refractivity contribution in [3.05, 3.63) is 60.2 Å². The number of nitrogens with one attached hydrogen (secondary N) is 1. The van der Waals surface area contributed by atoms with Crippen LogP contribution in [-0.2, 0) is 0 Å². The summed E-state index contributed by atoms with van der Waals surface area (Å²) in [7, 11) is 1.66. The summed E-state index contributed by atoms with van der Waals surface area (Å²) >= 11 is 0. The second kappa shape index (κ2) is 6.36. The van der Waals surface area contributed by atoms with Gasteiger partial charge in [0.1, 0.15) is 5.75 Å². The second-order valence-corrected chi connectivity index (χ2v) is 3.75. The minimum atomic E-state index is 0.626. The summed E-state index contributed by atoms with van der Waals surface area (Å²) in [4.78, 5) is 0. The van der Waals surface area contributed by atoms with Crippen LogP contribution in [0.15, 0.2) is 54.6 Å². The van der Waals surface area contributed by atoms with Crippen LogP contribution in [0.4, 0.5) is 5.69 Å². The van der Waals surface area contributed by atoms with Crippen molar-refractivity contribution in [1.82, 2.24) is 0 Å². The van der Waals surface area contributed by atoms with Gasteiger partial charge < -0.3 is 10.1 Å². The highest BCUT2D eigenvalue weighted by atomic mass is 16.5. The van der Waals surface area contributed by atoms with Crippen LogP contribution in [0.5, 0.6) is 5.75 Å². The first-order chi connectivity index (χ1) is 8.88. The molecule has 0 atom stereocenters. The zero-order valence-corrected chi connectivity index (χ0v) is 10.3. The lowest BCUT2D eigenvalue weighted by atomic mass is 10.2. The van der Waals surface area contributed by atoms with Crippen molar-refractivity contribution < 1.29 is 4.74 Å². The molecule has 0 aliphatic heterocycles. The van der Waals surface area contributed by atoms with Gasteiger partial charge in [0.05, 0.1) is 13.7 Å². The number of para-hydroxylation sites is 1. The normalized spacial score (nSPS) is 9.17. The van der Waals surface area contributed by atoms with Crippen LogP contribution < -0.4 is 10.1 Å². The molecule has 2 rings (SSSR count). The maximum atomic E-state index is 5.15. The highest BCUT2D eigenvalue weighted by Crippen LogP contribution is 2.11. The summed E-state index contributed by atoms with van der Waals surface area (Å²) in [5, 5.41) is 3.24. The van der Waals surface area contributed by atoms with Crippen molar-refractivity contribution in [2.24, 2.45) is 0 Å². The average Bonchev–Trinajstić information content (AvgIpc) is 2.45. The minimum absolute atomic E-state index is 0.626. The predicted molar refractivity (Wildman–Crippen MR) is 74.8 cm³/mol. The molecule has 0 heterocycles. The summed E-state index contributed by atoms with van der Waals surface area (Å²) in [5.41, 5.74) is 2.04. The van der Waals surface area contributed by atoms with E-state index in [2.05, 4.69) is 17.2 Å². The van der Waals surface area contributed by atoms with Crippen molar-refractivity contribution >= 4 is 5.69 Å². The summed E-state index contributed by atoms with van der Waals surface area (Å²) in [6.07, 6.45) is 0. The van der Waals surface area contributed by atoms with E-state index in [1.54, 1.807) is 7.11 Å². The monoisotopic (exact) mass is 237 g/mol. The Bertz CT molecular complexity index is 552. The van der Waals surface area contributed by atoms with E-state index in [0.29, 0.717) is 6.54 Å². The van der Waals surface area contributed by atoms with E-state index in [0.717, 1.165) is 17.0 Å². The summed E-state index contributed by atoms with van der Waals surface area (Å²) < 4.78 is 5.15. The van der Waals surface area contributed by atoms with Gasteiger partial charge in [0.25, 0.3) is 0 Å². The molecule has 1 N–H and O–H groups in total. The molecule has 0 aliphatic rings. The van der Waals surface area contributed by atoms with E-state index in [1.807, 2.05) is 54.6 Å². The van der Waals surface area contributed by atoms with Gasteiger partial charge in [0, 0.05) is 11.3 Å². The van der Waals surface area contributed by atoms with Gasteiger partial charge in [-0.3, -0.25) is 0 Å². The molecule has 0 aliphatic carbocycles. The molecule has 0 radical (unpaired) electrons. The fraction of sp³-hybridized carbons (Fsp3) is 0.125. The summed E-state index contributed by atoms with van der Waals surface area (Å²) in [6, 6.07) is 17.8. The van der Waals surface area contributed by atoms with Crippen LogP contribution in [0.25, 0.3) is 0 Å². The number of benzene rings is 2. The number of hydrogen-bond acceptors (Lipinski definition) is 2. The quantitative estimate of drug-likeness (QED) is 0.828. The lowest BCUT2D eigenvalue weighted by Crippen LogP contribution is -1.97. The van der Waals surface area contributed by atoms with E-state index in [4.69, 9.17) is 4.74 Å². The Labute approximate surface area is 108 Å². The second-order valence-electron chi connectivity index (χ2n) is 3.75. The molecule has 0 bridgehead atoms. The van der Waals surface area contributed by atoms with E-state index in [1.165, 1.54) is 0 Å². The Hall–Kier alpha value is -2.40. The maximum absolute atomic E-state index is 5.15. The Balaban J connectivity index is 1.92. The summed E-state index contributed by atoms with van der Waals surface area (Å²) in [6.45, 7) is 0.626. The topological polar surface area (TPSA) is 21.3 Å². The zero-order valence-electron chi connectivity index (χ0n) is 10.3. The third-order valence-corrected chi connectivity index (χ3v) is 2.46. The van der Waals surface area contributed by atoms with Gasteiger partial charge in [-0.15, -0.1) is 0 Å². The fourth-order valence-electron chi connectivity index (χ4n) is 1.55. The van der Waals surface area contributed by atoms with Gasteiger partial charge in [-0.05, 0) is 30.3 Å². The Morgan fingerprint density at radius 3 is 2.67 bits per heavy atom. The van der Waals surface area contributed by atoms with Crippen molar-refractivity contribution in [3.63, 3.8) is 0 Å². The predicted octanol–water partition coefficient (Wildman–Crippen LogP) is 3.16. The molecular weight excluding hydrogens is 222 g/mol. The molecule has 2 heteroatoms. The third kappa shape index (κ3) is 3.57. The number of methoxy groups -OCH3 is 1. The highest BCUT2D eigenvalue weighted by Gasteiger charge is 1.91. The molecule has 2 aromatic carbocycles. The molecule has 90 valence electrons. The van der Waals surface area contributed by atoms with Crippen LogP contribution in [0, 0.1) is 11.8 Å². The number of rotatable bonds is 3. The maximum Gasteiger partial charge on any atom is 0.120 e. The smallest absolute Gasteiger partial charge is 0.120 e. The van der Waals surface area contributed by atoms with Crippen LogP contribution in [0.2, 0.25) is 0 Å². The van der Waals surface area contributed by atoms with E-state index < -0.39 is 0 Å². The highest BCUT2D eigenvalue weighted by molar-refractivity contribution is 5.45. The number of anilines is 1.